The number of rotatable bonds is 11. The number of thiophene rings is 2. The largest absolute Gasteiger partial charge is 0.471 e. The van der Waals surface area contributed by atoms with Crippen molar-refractivity contribution < 1.29 is 23.8 Å². The van der Waals surface area contributed by atoms with Gasteiger partial charge in [0.15, 0.2) is 11.2 Å². The van der Waals surface area contributed by atoms with Gasteiger partial charge >= 0.3 is 12.1 Å². The highest BCUT2D eigenvalue weighted by Gasteiger charge is 2.20. The van der Waals surface area contributed by atoms with Crippen molar-refractivity contribution in [2.75, 3.05) is 30.8 Å². The maximum absolute atomic E-state index is 12.4. The van der Waals surface area contributed by atoms with Gasteiger partial charge in [0.05, 0.1) is 17.9 Å². The lowest BCUT2D eigenvalue weighted by atomic mass is 10.1. The zero-order valence-electron chi connectivity index (χ0n) is 27.8. The molecule has 4 aromatic heterocycles. The molecule has 0 aliphatic heterocycles. The number of imidazole rings is 1. The molecule has 0 aliphatic carbocycles. The first-order valence-corrected chi connectivity index (χ1v) is 17.2. The minimum absolute atomic E-state index is 0.0344. The summed E-state index contributed by atoms with van der Waals surface area (Å²) in [6, 6.07) is 17.9. The van der Waals surface area contributed by atoms with E-state index in [1.54, 1.807) is 38.2 Å². The number of benzene rings is 2. The minimum atomic E-state index is -0.681. The van der Waals surface area contributed by atoms with E-state index in [0.29, 0.717) is 30.1 Å². The lowest BCUT2D eigenvalue weighted by Gasteiger charge is -2.18. The molecule has 0 fully saturated rings. The van der Waals surface area contributed by atoms with Gasteiger partial charge in [0.1, 0.15) is 30.5 Å². The van der Waals surface area contributed by atoms with E-state index in [1.807, 2.05) is 48.3 Å². The molecule has 0 radical (unpaired) electrons. The van der Waals surface area contributed by atoms with E-state index >= 15 is 0 Å². The summed E-state index contributed by atoms with van der Waals surface area (Å²) in [5.74, 6) is -0.236. The number of carbonyl (C=O) groups excluding carboxylic acids is 2. The van der Waals surface area contributed by atoms with Crippen molar-refractivity contribution in [3.8, 4) is 11.9 Å². The number of ether oxygens (including phenoxy) is 3. The van der Waals surface area contributed by atoms with Gasteiger partial charge in [-0.1, -0.05) is 24.3 Å². The molecule has 1 amide bonds. The smallest absolute Gasteiger partial charge is 0.407 e. The number of aromatic nitrogens is 4. The van der Waals surface area contributed by atoms with Crippen molar-refractivity contribution in [2.45, 2.75) is 39.5 Å². The van der Waals surface area contributed by atoms with Gasteiger partial charge in [0.2, 0.25) is 11.8 Å². The van der Waals surface area contributed by atoms with Crippen molar-refractivity contribution >= 4 is 83.1 Å². The molecule has 13 nitrogen and oxygen atoms in total. The molecule has 0 spiro atoms. The first-order valence-electron chi connectivity index (χ1n) is 15.6. The molecule has 0 aliphatic rings. The Kier molecular flexibility index (Phi) is 9.84. The lowest BCUT2D eigenvalue weighted by Crippen LogP contribution is -2.28. The second-order valence-corrected chi connectivity index (χ2v) is 14.5. The number of nitrogens with zero attached hydrogens (tertiary/aromatic N) is 5. The summed E-state index contributed by atoms with van der Waals surface area (Å²) in [7, 11) is 1.96. The summed E-state index contributed by atoms with van der Waals surface area (Å²) in [5.41, 5.74) is 7.87. The molecule has 256 valence electrons. The van der Waals surface area contributed by atoms with Crippen LogP contribution in [0.15, 0.2) is 60.4 Å². The Balaban J connectivity index is 0.967. The topological polar surface area (TPSA) is 181 Å². The first-order chi connectivity index (χ1) is 23.9. The van der Waals surface area contributed by atoms with Crippen LogP contribution in [0.3, 0.4) is 0 Å². The maximum Gasteiger partial charge on any atom is 0.407 e. The molecule has 4 N–H and O–H groups in total. The van der Waals surface area contributed by atoms with Gasteiger partial charge in [-0.2, -0.15) is 15.2 Å². The van der Waals surface area contributed by atoms with Gasteiger partial charge in [-0.15, -0.1) is 22.7 Å². The van der Waals surface area contributed by atoms with Crippen molar-refractivity contribution in [2.24, 2.45) is 0 Å². The average Bonchev–Trinajstić information content (AvgIpc) is 3.81. The summed E-state index contributed by atoms with van der Waals surface area (Å²) in [6.07, 6.45) is 2.59. The van der Waals surface area contributed by atoms with Crippen molar-refractivity contribution in [3.05, 3.63) is 76.4 Å². The molecule has 0 atom stereocenters. The van der Waals surface area contributed by atoms with E-state index in [2.05, 4.69) is 43.5 Å². The summed E-state index contributed by atoms with van der Waals surface area (Å²) in [5, 5.41) is 15.5. The number of nitrogen functional groups attached to an aromatic ring is 1. The van der Waals surface area contributed by atoms with E-state index in [1.165, 1.54) is 17.7 Å². The molecular weight excluding hydrogens is 677 g/mol. The van der Waals surface area contributed by atoms with E-state index in [0.717, 1.165) is 41.2 Å². The highest BCUT2D eigenvalue weighted by molar-refractivity contribution is 7.23. The van der Waals surface area contributed by atoms with Gasteiger partial charge < -0.3 is 35.1 Å². The van der Waals surface area contributed by atoms with Crippen LogP contribution in [-0.4, -0.2) is 57.8 Å². The molecular formula is C35H34N8O5S2. The van der Waals surface area contributed by atoms with Gasteiger partial charge in [-0.25, -0.2) is 14.6 Å². The second-order valence-electron chi connectivity index (χ2n) is 12.3. The standard InChI is InChI=1S/C35H34N8O5S2/c1-35(2,3)48-32(44)24(16-36)12-25-11-22-13-27-23(14-26(22)49-25)15-28(50-27)43(4)9-10-46-34(45)38-17-20-5-7-21(8-6-20)18-47-31-29-30(40-19-39-29)41-33(37)42-31/h5-8,11-15,19H,9-10,17-18H2,1-4H3,(H,38,45)(H3,37,39,40,41,42)/b24-12+. The number of H-pyrrole nitrogens is 1. The van der Waals surface area contributed by atoms with Crippen molar-refractivity contribution in [3.63, 3.8) is 0 Å². The molecule has 6 rings (SSSR count). The predicted octanol–water partition coefficient (Wildman–Crippen LogP) is 6.55. The normalized spacial score (nSPS) is 11.9. The number of nitriles is 1. The zero-order valence-corrected chi connectivity index (χ0v) is 29.4. The number of nitrogens with one attached hydrogen (secondary N) is 2. The van der Waals surface area contributed by atoms with E-state index in [9.17, 15) is 14.9 Å². The fourth-order valence-corrected chi connectivity index (χ4v) is 7.01. The fraction of sp³-hybridized carbons (Fsp3) is 0.257. The highest BCUT2D eigenvalue weighted by Crippen LogP contribution is 2.38. The minimum Gasteiger partial charge on any atom is -0.471 e. The van der Waals surface area contributed by atoms with Crippen molar-refractivity contribution in [1.82, 2.24) is 25.3 Å². The molecule has 0 bridgehead atoms. The van der Waals surface area contributed by atoms with Crippen LogP contribution < -0.4 is 20.7 Å². The quantitative estimate of drug-likeness (QED) is 0.0753. The SMILES string of the molecule is CN(CCOC(=O)NCc1ccc(COc2nc(N)nc3[nH]cnc23)cc1)c1cc2cc3sc(/C=C(\C#N)C(=O)OC(C)(C)C)cc3cc2s1. The van der Waals surface area contributed by atoms with Gasteiger partial charge in [-0.05, 0) is 73.0 Å². The van der Waals surface area contributed by atoms with E-state index in [4.69, 9.17) is 19.9 Å². The Morgan fingerprint density at radius 2 is 1.78 bits per heavy atom. The zero-order chi connectivity index (χ0) is 35.4. The number of amides is 1. The van der Waals surface area contributed by atoms with Gasteiger partial charge in [-0.3, -0.25) is 0 Å². The summed E-state index contributed by atoms with van der Waals surface area (Å²) < 4.78 is 18.7. The van der Waals surface area contributed by atoms with Crippen LogP contribution in [0.25, 0.3) is 37.4 Å². The summed E-state index contributed by atoms with van der Waals surface area (Å²) in [6.45, 7) is 6.61. The van der Waals surface area contributed by atoms with Crippen LogP contribution in [0.5, 0.6) is 5.88 Å². The van der Waals surface area contributed by atoms with Gasteiger partial charge in [0.25, 0.3) is 0 Å². The lowest BCUT2D eigenvalue weighted by molar-refractivity contribution is -0.149. The van der Waals surface area contributed by atoms with Crippen LogP contribution in [0.1, 0.15) is 36.8 Å². The molecule has 6 aromatic rings. The number of fused-ring (bicyclic) bond motifs is 3. The first kappa shape index (κ1) is 34.2. The van der Waals surface area contributed by atoms with E-state index < -0.39 is 17.7 Å². The van der Waals surface area contributed by atoms with Crippen LogP contribution in [0.2, 0.25) is 0 Å². The maximum atomic E-state index is 12.4. The van der Waals surface area contributed by atoms with Crippen LogP contribution in [-0.2, 0) is 27.4 Å². The van der Waals surface area contributed by atoms with Crippen molar-refractivity contribution in [1.29, 1.82) is 5.26 Å². The summed E-state index contributed by atoms with van der Waals surface area (Å²) in [4.78, 5) is 42.9. The number of carbonyl (C=O) groups is 2. The van der Waals surface area contributed by atoms with Crippen LogP contribution >= 0.6 is 22.7 Å². The number of hydrogen-bond donors (Lipinski definition) is 3. The molecule has 15 heteroatoms. The second kappa shape index (κ2) is 14.4. The molecule has 0 saturated carbocycles. The third kappa shape index (κ3) is 8.28. The molecule has 0 unspecified atom stereocenters. The highest BCUT2D eigenvalue weighted by atomic mass is 32.1. The Bertz CT molecular complexity index is 2210. The summed E-state index contributed by atoms with van der Waals surface area (Å²) >= 11 is 3.14. The number of alkyl carbamates (subject to hydrolysis) is 1. The third-order valence-corrected chi connectivity index (χ3v) is 9.58. The van der Waals surface area contributed by atoms with E-state index in [-0.39, 0.29) is 24.7 Å². The Morgan fingerprint density at radius 1 is 1.06 bits per heavy atom. The third-order valence-electron chi connectivity index (χ3n) is 7.32. The number of anilines is 2. The van der Waals surface area contributed by atoms with Crippen LogP contribution in [0.4, 0.5) is 15.7 Å². The number of hydrogen-bond acceptors (Lipinski definition) is 13. The number of likely N-dealkylation sites (N-methyl/N-ethyl adjacent to an activating group) is 1. The number of esters is 1. The number of aromatic amines is 1. The Hall–Kier alpha value is -5.72. The Labute approximate surface area is 295 Å². The average molecular weight is 711 g/mol. The fourth-order valence-electron chi connectivity index (χ4n) is 4.89. The Morgan fingerprint density at radius 3 is 2.52 bits per heavy atom. The number of nitrogens with two attached hydrogens (primary N) is 1. The molecule has 4 heterocycles. The van der Waals surface area contributed by atoms with Gasteiger partial charge in [0, 0.05) is 27.9 Å². The predicted molar refractivity (Wildman–Crippen MR) is 195 cm³/mol. The monoisotopic (exact) mass is 710 g/mol. The molecule has 2 aromatic carbocycles. The molecule has 50 heavy (non-hydrogen) atoms. The molecule has 0 saturated heterocycles. The van der Waals surface area contributed by atoms with Crippen LogP contribution in [0, 0.1) is 11.3 Å².